The topological polar surface area (TPSA) is 132 Å². The molecule has 39 heavy (non-hydrogen) atoms. The molecule has 12 heteroatoms. The van der Waals surface area contributed by atoms with Crippen molar-refractivity contribution in [3.8, 4) is 0 Å². The van der Waals surface area contributed by atoms with Crippen molar-refractivity contribution in [2.24, 2.45) is 0 Å². The summed E-state index contributed by atoms with van der Waals surface area (Å²) in [4.78, 5) is 31.3. The van der Waals surface area contributed by atoms with Gasteiger partial charge in [0.15, 0.2) is 5.82 Å². The molecule has 0 atom stereocenters. The fourth-order valence-electron chi connectivity index (χ4n) is 4.77. The standard InChI is InChI=1S/C27H22N12/c1-2-8-29-19(6-1)22-23(26-31-9-5-10-32-26)25(21-18-28-12-13-30-21)39(37-16-3-4-17-37)38(27-33-14-15-34-27)24(22)20-7-11-35-36-20/h1-3,5-16,18H,4,17H2,(H,33,34)(H,35,36). The molecule has 0 saturated carbocycles. The number of aromatic amines is 2. The fraction of sp³-hybridized carbons (Fsp3) is 0.0741. The molecule has 2 aliphatic heterocycles. The largest absolute Gasteiger partial charge is 0.329 e. The summed E-state index contributed by atoms with van der Waals surface area (Å²) in [5.74, 6) is 1.09. The third kappa shape index (κ3) is 3.91. The van der Waals surface area contributed by atoms with Crippen LogP contribution in [-0.4, -0.2) is 61.8 Å². The summed E-state index contributed by atoms with van der Waals surface area (Å²) in [6, 6.07) is 9.52. The van der Waals surface area contributed by atoms with Crippen LogP contribution in [0, 0.1) is 0 Å². The molecule has 0 unspecified atom stereocenters. The second-order valence-corrected chi connectivity index (χ2v) is 8.64. The molecule has 2 N–H and O–H groups in total. The molecule has 5 aromatic heterocycles. The number of H-pyrrole nitrogens is 2. The zero-order chi connectivity index (χ0) is 26.0. The van der Waals surface area contributed by atoms with Crippen LogP contribution in [0.3, 0.4) is 0 Å². The van der Waals surface area contributed by atoms with Gasteiger partial charge in [-0.3, -0.25) is 25.1 Å². The van der Waals surface area contributed by atoms with E-state index in [-0.39, 0.29) is 0 Å². The predicted molar refractivity (Wildman–Crippen MR) is 144 cm³/mol. The molecule has 12 nitrogen and oxygen atoms in total. The van der Waals surface area contributed by atoms with Crippen LogP contribution in [0.4, 0.5) is 5.95 Å². The first-order valence-corrected chi connectivity index (χ1v) is 12.4. The van der Waals surface area contributed by atoms with Crippen LogP contribution in [0.25, 0.3) is 22.5 Å². The van der Waals surface area contributed by atoms with Crippen LogP contribution >= 0.6 is 0 Å². The maximum Gasteiger partial charge on any atom is 0.228 e. The van der Waals surface area contributed by atoms with E-state index in [0.29, 0.717) is 28.9 Å². The summed E-state index contributed by atoms with van der Waals surface area (Å²) in [5, 5.41) is 13.7. The molecular weight excluding hydrogens is 492 g/mol. The molecule has 0 spiro atoms. The van der Waals surface area contributed by atoms with Gasteiger partial charge in [-0.1, -0.05) is 12.1 Å². The summed E-state index contributed by atoms with van der Waals surface area (Å²) < 4.78 is 0. The average Bonchev–Trinajstić information content (AvgIpc) is 3.81. The van der Waals surface area contributed by atoms with Gasteiger partial charge in [0.25, 0.3) is 0 Å². The van der Waals surface area contributed by atoms with Gasteiger partial charge in [0.2, 0.25) is 5.95 Å². The van der Waals surface area contributed by atoms with Gasteiger partial charge in [0.1, 0.15) is 22.8 Å². The quantitative estimate of drug-likeness (QED) is 0.347. The van der Waals surface area contributed by atoms with Gasteiger partial charge in [-0.15, -0.1) is 0 Å². The lowest BCUT2D eigenvalue weighted by Gasteiger charge is -2.47. The zero-order valence-electron chi connectivity index (χ0n) is 20.6. The van der Waals surface area contributed by atoms with Crippen molar-refractivity contribution in [3.05, 3.63) is 121 Å². The summed E-state index contributed by atoms with van der Waals surface area (Å²) >= 11 is 0. The highest BCUT2D eigenvalue weighted by atomic mass is 15.9. The molecule has 190 valence electrons. The minimum Gasteiger partial charge on any atom is -0.329 e. The van der Waals surface area contributed by atoms with Gasteiger partial charge in [-0.05, 0) is 30.7 Å². The highest BCUT2D eigenvalue weighted by Gasteiger charge is 2.42. The van der Waals surface area contributed by atoms with Gasteiger partial charge in [0, 0.05) is 67.9 Å². The minimum absolute atomic E-state index is 0.513. The second-order valence-electron chi connectivity index (χ2n) is 8.64. The van der Waals surface area contributed by atoms with E-state index < -0.39 is 0 Å². The Balaban J connectivity index is 1.67. The predicted octanol–water partition coefficient (Wildman–Crippen LogP) is 3.42. The number of allylic oxidation sites excluding steroid dienone is 2. The van der Waals surface area contributed by atoms with Crippen molar-refractivity contribution < 1.29 is 0 Å². The molecule has 0 bridgehead atoms. The maximum atomic E-state index is 4.78. The molecule has 0 radical (unpaired) electrons. The number of rotatable bonds is 6. The number of nitrogens with one attached hydrogen (secondary N) is 2. The molecular formula is C27H22N12. The van der Waals surface area contributed by atoms with E-state index in [0.717, 1.165) is 35.5 Å². The van der Waals surface area contributed by atoms with E-state index in [4.69, 9.17) is 19.9 Å². The highest BCUT2D eigenvalue weighted by molar-refractivity contribution is 6.22. The number of imidazole rings is 1. The Labute approximate surface area is 223 Å². The lowest BCUT2D eigenvalue weighted by atomic mass is 9.92. The highest BCUT2D eigenvalue weighted by Crippen LogP contribution is 2.48. The molecule has 0 amide bonds. The summed E-state index contributed by atoms with van der Waals surface area (Å²) in [6.07, 6.45) is 20.6. The Hall–Kier alpha value is -5.65. The van der Waals surface area contributed by atoms with Crippen molar-refractivity contribution >= 4 is 28.5 Å². The van der Waals surface area contributed by atoms with Crippen molar-refractivity contribution in [1.29, 1.82) is 0 Å². The Morgan fingerprint density at radius 1 is 0.718 bits per heavy atom. The fourth-order valence-corrected chi connectivity index (χ4v) is 4.77. The summed E-state index contributed by atoms with van der Waals surface area (Å²) in [6.45, 7) is 0.733. The van der Waals surface area contributed by atoms with Gasteiger partial charge >= 0.3 is 0 Å². The normalized spacial score (nSPS) is 15.5. The Morgan fingerprint density at radius 2 is 1.62 bits per heavy atom. The second kappa shape index (κ2) is 9.67. The van der Waals surface area contributed by atoms with Crippen molar-refractivity contribution in [2.75, 3.05) is 11.6 Å². The number of nitrogens with zero attached hydrogens (tertiary/aromatic N) is 10. The van der Waals surface area contributed by atoms with Gasteiger partial charge in [-0.2, -0.15) is 15.2 Å². The van der Waals surface area contributed by atoms with Crippen LogP contribution < -0.4 is 5.01 Å². The Kier molecular flexibility index (Phi) is 5.59. The Morgan fingerprint density at radius 3 is 2.31 bits per heavy atom. The molecule has 7 rings (SSSR count). The van der Waals surface area contributed by atoms with Crippen LogP contribution in [0.2, 0.25) is 0 Å². The van der Waals surface area contributed by atoms with Crippen LogP contribution in [0.5, 0.6) is 0 Å². The molecule has 0 saturated heterocycles. The van der Waals surface area contributed by atoms with Crippen LogP contribution in [0.15, 0.2) is 98.4 Å². The van der Waals surface area contributed by atoms with Crippen LogP contribution in [0.1, 0.15) is 29.3 Å². The number of anilines is 1. The number of hydrogen-bond donors (Lipinski definition) is 2. The molecule has 0 aromatic carbocycles. The summed E-state index contributed by atoms with van der Waals surface area (Å²) in [7, 11) is 0. The smallest absolute Gasteiger partial charge is 0.228 e. The number of aromatic nitrogens is 9. The minimum atomic E-state index is 0.513. The van der Waals surface area contributed by atoms with Gasteiger partial charge < -0.3 is 4.98 Å². The van der Waals surface area contributed by atoms with E-state index in [9.17, 15) is 0 Å². The monoisotopic (exact) mass is 514 g/mol. The molecule has 7 heterocycles. The van der Waals surface area contributed by atoms with E-state index in [1.165, 1.54) is 0 Å². The van der Waals surface area contributed by atoms with Crippen molar-refractivity contribution in [2.45, 2.75) is 6.42 Å². The maximum absolute atomic E-state index is 4.78. The lowest BCUT2D eigenvalue weighted by Crippen LogP contribution is -2.51. The van der Waals surface area contributed by atoms with Crippen molar-refractivity contribution in [3.63, 3.8) is 0 Å². The SMILES string of the molecule is C1=CN(N2C(c3cnccn3)=C(c3ncccn3)C(c3ccccn3)=C(c3cc[nH]n3)N2c2ncc[nH]2)CC1. The zero-order valence-corrected chi connectivity index (χ0v) is 20.6. The lowest BCUT2D eigenvalue weighted by molar-refractivity contribution is 0.101. The summed E-state index contributed by atoms with van der Waals surface area (Å²) in [5.41, 5.74) is 4.99. The molecule has 0 aliphatic carbocycles. The van der Waals surface area contributed by atoms with Gasteiger partial charge in [-0.25, -0.2) is 15.0 Å². The van der Waals surface area contributed by atoms with E-state index in [1.807, 2.05) is 40.6 Å². The third-order valence-corrected chi connectivity index (χ3v) is 6.31. The van der Waals surface area contributed by atoms with E-state index in [1.54, 1.807) is 61.8 Å². The van der Waals surface area contributed by atoms with E-state index in [2.05, 4.69) is 36.2 Å². The number of hydrogen-bond acceptors (Lipinski definition) is 10. The number of pyridine rings is 1. The first-order valence-electron chi connectivity index (χ1n) is 12.4. The van der Waals surface area contributed by atoms with Gasteiger partial charge in [0.05, 0.1) is 17.5 Å². The van der Waals surface area contributed by atoms with Crippen molar-refractivity contribution in [1.82, 2.24) is 55.2 Å². The first-order chi connectivity index (χ1) is 19.4. The van der Waals surface area contributed by atoms with Crippen LogP contribution in [-0.2, 0) is 0 Å². The molecule has 2 aliphatic rings. The third-order valence-electron chi connectivity index (χ3n) is 6.31. The first kappa shape index (κ1) is 22.5. The number of hydrazine groups is 2. The van der Waals surface area contributed by atoms with E-state index >= 15 is 0 Å². The average molecular weight is 515 g/mol. The molecule has 0 fully saturated rings. The Bertz CT molecular complexity index is 1640. The molecule has 5 aromatic rings.